The number of thiazole rings is 1. The third-order valence-electron chi connectivity index (χ3n) is 6.31. The van der Waals surface area contributed by atoms with Crippen molar-refractivity contribution in [2.75, 3.05) is 6.61 Å². The molecule has 0 bridgehead atoms. The molecule has 0 saturated carbocycles. The number of hydrogen-bond donors (Lipinski definition) is 0. The summed E-state index contributed by atoms with van der Waals surface area (Å²) in [6.45, 7) is 7.66. The number of carbonyl (C=O) groups is 1. The lowest BCUT2D eigenvalue weighted by Crippen LogP contribution is -2.40. The Labute approximate surface area is 218 Å². The standard InChI is InChI=1S/C29H29N3O4S/c1-6-35-28(34)25-18(4)30-29-32(26(25)21-12-8-10-14-23(21)36-17(2)3)27(33)24(37-29)15-19-16-31(5)22-13-9-7-11-20(19)22/h7-17,26H,6H2,1-5H3/b24-15-/t26-/m1/s1. The monoisotopic (exact) mass is 515 g/mol. The van der Waals surface area contributed by atoms with Crippen LogP contribution in [0.5, 0.6) is 5.75 Å². The molecule has 1 aliphatic heterocycles. The minimum Gasteiger partial charge on any atom is -0.491 e. The zero-order valence-corrected chi connectivity index (χ0v) is 22.3. The van der Waals surface area contributed by atoms with Gasteiger partial charge in [0.05, 0.1) is 28.5 Å². The summed E-state index contributed by atoms with van der Waals surface area (Å²) in [6.07, 6.45) is 3.84. The van der Waals surface area contributed by atoms with Crippen molar-refractivity contribution in [3.05, 3.63) is 96.8 Å². The van der Waals surface area contributed by atoms with Gasteiger partial charge >= 0.3 is 5.97 Å². The molecule has 0 spiro atoms. The number of hydrogen-bond acceptors (Lipinski definition) is 6. The van der Waals surface area contributed by atoms with Gasteiger partial charge in [0.2, 0.25) is 0 Å². The summed E-state index contributed by atoms with van der Waals surface area (Å²) in [6, 6.07) is 14.9. The summed E-state index contributed by atoms with van der Waals surface area (Å²) >= 11 is 1.32. The fourth-order valence-corrected chi connectivity index (χ4v) is 5.82. The van der Waals surface area contributed by atoms with Crippen LogP contribution in [-0.2, 0) is 16.6 Å². The highest BCUT2D eigenvalue weighted by atomic mass is 32.1. The van der Waals surface area contributed by atoms with E-state index in [0.717, 1.165) is 16.5 Å². The molecule has 4 aromatic rings. The van der Waals surface area contributed by atoms with Crippen molar-refractivity contribution in [1.29, 1.82) is 0 Å². The summed E-state index contributed by atoms with van der Waals surface area (Å²) in [5.41, 5.74) is 3.40. The first kappa shape index (κ1) is 24.8. The fraction of sp³-hybridized carbons (Fsp3) is 0.276. The molecule has 0 unspecified atom stereocenters. The molecule has 1 atom stereocenters. The minimum atomic E-state index is -0.722. The number of para-hydroxylation sites is 2. The summed E-state index contributed by atoms with van der Waals surface area (Å²) in [5.74, 6) is 0.124. The van der Waals surface area contributed by atoms with E-state index in [0.29, 0.717) is 31.9 Å². The highest BCUT2D eigenvalue weighted by Crippen LogP contribution is 2.36. The molecule has 5 rings (SSSR count). The van der Waals surface area contributed by atoms with Gasteiger partial charge in [-0.05, 0) is 45.9 Å². The van der Waals surface area contributed by atoms with Crippen molar-refractivity contribution < 1.29 is 14.3 Å². The SMILES string of the molecule is CCOC(=O)C1=C(C)N=c2s/c(=C\c3cn(C)c4ccccc34)c(=O)n2[C@@H]1c1ccccc1OC(C)C. The molecule has 2 aromatic carbocycles. The molecule has 37 heavy (non-hydrogen) atoms. The van der Waals surface area contributed by atoms with Crippen LogP contribution in [0, 0.1) is 0 Å². The smallest absolute Gasteiger partial charge is 0.338 e. The number of esters is 1. The average molecular weight is 516 g/mol. The van der Waals surface area contributed by atoms with Crippen molar-refractivity contribution in [3.63, 3.8) is 0 Å². The summed E-state index contributed by atoms with van der Waals surface area (Å²) in [4.78, 5) is 32.4. The Bertz CT molecular complexity index is 1720. The van der Waals surface area contributed by atoms with Crippen LogP contribution in [0.4, 0.5) is 0 Å². The number of benzene rings is 2. The molecule has 0 fully saturated rings. The lowest BCUT2D eigenvalue weighted by atomic mass is 9.95. The molecule has 1 aliphatic rings. The number of fused-ring (bicyclic) bond motifs is 2. The van der Waals surface area contributed by atoms with Gasteiger partial charge in [-0.15, -0.1) is 0 Å². The minimum absolute atomic E-state index is 0.0838. The van der Waals surface area contributed by atoms with Gasteiger partial charge < -0.3 is 14.0 Å². The third-order valence-corrected chi connectivity index (χ3v) is 7.29. The first-order valence-electron chi connectivity index (χ1n) is 12.3. The van der Waals surface area contributed by atoms with Crippen molar-refractivity contribution in [3.8, 4) is 5.75 Å². The van der Waals surface area contributed by atoms with E-state index in [1.165, 1.54) is 11.3 Å². The molecule has 8 heteroatoms. The van der Waals surface area contributed by atoms with E-state index in [1.807, 2.05) is 80.2 Å². The summed E-state index contributed by atoms with van der Waals surface area (Å²) in [7, 11) is 1.99. The Morgan fingerprint density at radius 3 is 2.65 bits per heavy atom. The largest absolute Gasteiger partial charge is 0.491 e. The van der Waals surface area contributed by atoms with Crippen LogP contribution < -0.4 is 19.6 Å². The van der Waals surface area contributed by atoms with Gasteiger partial charge in [0, 0.05) is 35.3 Å². The van der Waals surface area contributed by atoms with Crippen molar-refractivity contribution in [2.45, 2.75) is 39.8 Å². The maximum absolute atomic E-state index is 14.0. The number of nitrogens with zero attached hydrogens (tertiary/aromatic N) is 3. The first-order chi connectivity index (χ1) is 17.8. The maximum atomic E-state index is 14.0. The molecule has 3 heterocycles. The lowest BCUT2D eigenvalue weighted by molar-refractivity contribution is -0.139. The van der Waals surface area contributed by atoms with Gasteiger partial charge in [-0.1, -0.05) is 47.7 Å². The van der Waals surface area contributed by atoms with Gasteiger partial charge in [-0.2, -0.15) is 0 Å². The fourth-order valence-electron chi connectivity index (χ4n) is 4.78. The molecule has 0 aliphatic carbocycles. The van der Waals surface area contributed by atoms with Crippen molar-refractivity contribution in [2.24, 2.45) is 12.0 Å². The highest BCUT2D eigenvalue weighted by Gasteiger charge is 2.35. The number of aromatic nitrogens is 2. The lowest BCUT2D eigenvalue weighted by Gasteiger charge is -2.26. The maximum Gasteiger partial charge on any atom is 0.338 e. The van der Waals surface area contributed by atoms with Gasteiger partial charge in [-0.25, -0.2) is 9.79 Å². The second-order valence-electron chi connectivity index (χ2n) is 9.22. The molecule has 7 nitrogen and oxygen atoms in total. The van der Waals surface area contributed by atoms with E-state index in [9.17, 15) is 9.59 Å². The molecule has 0 saturated heterocycles. The molecule has 0 N–H and O–H groups in total. The van der Waals surface area contributed by atoms with E-state index in [1.54, 1.807) is 18.4 Å². The van der Waals surface area contributed by atoms with Gasteiger partial charge in [0.25, 0.3) is 5.56 Å². The highest BCUT2D eigenvalue weighted by molar-refractivity contribution is 7.07. The van der Waals surface area contributed by atoms with Gasteiger partial charge in [0.15, 0.2) is 4.80 Å². The molecule has 0 radical (unpaired) electrons. The second-order valence-corrected chi connectivity index (χ2v) is 10.2. The zero-order valence-electron chi connectivity index (χ0n) is 21.5. The molecular formula is C29H29N3O4S. The van der Waals surface area contributed by atoms with Crippen molar-refractivity contribution >= 4 is 34.3 Å². The van der Waals surface area contributed by atoms with Crippen LogP contribution in [0.2, 0.25) is 0 Å². The van der Waals surface area contributed by atoms with Gasteiger partial charge in [-0.3, -0.25) is 9.36 Å². The number of carbonyl (C=O) groups excluding carboxylic acids is 1. The topological polar surface area (TPSA) is 74.8 Å². The van der Waals surface area contributed by atoms with Crippen LogP contribution >= 0.6 is 11.3 Å². The van der Waals surface area contributed by atoms with E-state index in [-0.39, 0.29) is 18.3 Å². The van der Waals surface area contributed by atoms with E-state index < -0.39 is 12.0 Å². The first-order valence-corrected chi connectivity index (χ1v) is 13.1. The Kier molecular flexibility index (Phi) is 6.60. The average Bonchev–Trinajstić information content (AvgIpc) is 3.34. The predicted octanol–water partition coefficient (Wildman–Crippen LogP) is 4.08. The Morgan fingerprint density at radius 2 is 1.89 bits per heavy atom. The number of allylic oxidation sites excluding steroid dienone is 1. The van der Waals surface area contributed by atoms with Crippen LogP contribution in [-0.4, -0.2) is 27.8 Å². The second kappa shape index (κ2) is 9.86. The van der Waals surface area contributed by atoms with Crippen LogP contribution in [0.25, 0.3) is 17.0 Å². The normalized spacial score (nSPS) is 15.7. The zero-order chi connectivity index (χ0) is 26.3. The van der Waals surface area contributed by atoms with E-state index >= 15 is 0 Å². The Morgan fingerprint density at radius 1 is 1.16 bits per heavy atom. The van der Waals surface area contributed by atoms with Crippen molar-refractivity contribution in [1.82, 2.24) is 9.13 Å². The van der Waals surface area contributed by atoms with E-state index in [4.69, 9.17) is 9.47 Å². The van der Waals surface area contributed by atoms with Crippen LogP contribution in [0.3, 0.4) is 0 Å². The molecule has 190 valence electrons. The number of rotatable bonds is 6. The Balaban J connectivity index is 1.77. The summed E-state index contributed by atoms with van der Waals surface area (Å²) in [5, 5.41) is 1.06. The Hall–Kier alpha value is -3.91. The van der Waals surface area contributed by atoms with Gasteiger partial charge in [0.1, 0.15) is 11.8 Å². The summed E-state index contributed by atoms with van der Waals surface area (Å²) < 4.78 is 15.7. The number of ether oxygens (including phenoxy) is 2. The third kappa shape index (κ3) is 4.42. The quantitative estimate of drug-likeness (QED) is 0.363. The molecule has 2 aromatic heterocycles. The van der Waals surface area contributed by atoms with Crippen LogP contribution in [0.15, 0.2) is 75.8 Å². The van der Waals surface area contributed by atoms with E-state index in [2.05, 4.69) is 11.1 Å². The van der Waals surface area contributed by atoms with Crippen LogP contribution in [0.1, 0.15) is 44.9 Å². The molecule has 0 amide bonds. The predicted molar refractivity (Wildman–Crippen MR) is 146 cm³/mol. The molecular weight excluding hydrogens is 486 g/mol. The number of aryl methyl sites for hydroxylation is 1.